The largest absolute Gasteiger partial charge is 0.503 e. The van der Waals surface area contributed by atoms with E-state index in [1.54, 1.807) is 13.1 Å². The third-order valence-corrected chi connectivity index (χ3v) is 3.64. The summed E-state index contributed by atoms with van der Waals surface area (Å²) >= 11 is 3.30. The number of carbonyl (C=O) groups excluding carboxylic acids is 1. The molecule has 0 heterocycles. The van der Waals surface area contributed by atoms with Gasteiger partial charge in [-0.05, 0) is 40.7 Å². The van der Waals surface area contributed by atoms with Crippen molar-refractivity contribution in [2.45, 2.75) is 13.5 Å². The third kappa shape index (κ3) is 4.38. The quantitative estimate of drug-likeness (QED) is 0.828. The molecule has 0 aliphatic rings. The predicted molar refractivity (Wildman–Crippen MR) is 81.9 cm³/mol. The molecule has 1 atom stereocenters. The van der Waals surface area contributed by atoms with E-state index in [-0.39, 0.29) is 17.6 Å². The Morgan fingerprint density at radius 2 is 2.20 bits per heavy atom. The van der Waals surface area contributed by atoms with Crippen molar-refractivity contribution in [1.29, 1.82) is 0 Å². The summed E-state index contributed by atoms with van der Waals surface area (Å²) in [6, 6.07) is 3.64. The van der Waals surface area contributed by atoms with Crippen LogP contribution in [0.3, 0.4) is 0 Å². The minimum absolute atomic E-state index is 0.0290. The van der Waals surface area contributed by atoms with Gasteiger partial charge >= 0.3 is 0 Å². The van der Waals surface area contributed by atoms with Crippen molar-refractivity contribution in [3.05, 3.63) is 22.2 Å². The summed E-state index contributed by atoms with van der Waals surface area (Å²) in [7, 11) is 5.11. The van der Waals surface area contributed by atoms with E-state index in [1.165, 1.54) is 7.11 Å². The van der Waals surface area contributed by atoms with Gasteiger partial charge in [0, 0.05) is 26.1 Å². The maximum absolute atomic E-state index is 11.5. The third-order valence-electron chi connectivity index (χ3n) is 3.04. The molecular weight excluding hydrogens is 324 g/mol. The molecule has 1 aromatic rings. The van der Waals surface area contributed by atoms with Crippen LogP contribution in [0.1, 0.15) is 12.5 Å². The molecule has 6 heteroatoms. The van der Waals surface area contributed by atoms with Crippen molar-refractivity contribution in [3.63, 3.8) is 0 Å². The Bertz CT molecular complexity index is 480. The zero-order chi connectivity index (χ0) is 15.3. The normalized spacial score (nSPS) is 12.3. The van der Waals surface area contributed by atoms with Gasteiger partial charge in [0.1, 0.15) is 0 Å². The van der Waals surface area contributed by atoms with Crippen molar-refractivity contribution >= 4 is 21.8 Å². The lowest BCUT2D eigenvalue weighted by atomic mass is 10.1. The number of ether oxygens (including phenoxy) is 1. The van der Waals surface area contributed by atoms with Crippen LogP contribution in [0.25, 0.3) is 0 Å². The van der Waals surface area contributed by atoms with Gasteiger partial charge in [-0.3, -0.25) is 4.79 Å². The summed E-state index contributed by atoms with van der Waals surface area (Å²) in [6.45, 7) is 3.21. The van der Waals surface area contributed by atoms with Gasteiger partial charge in [0.25, 0.3) is 0 Å². The zero-order valence-corrected chi connectivity index (χ0v) is 13.8. The second kappa shape index (κ2) is 7.50. The number of rotatable bonds is 6. The molecule has 0 saturated carbocycles. The Morgan fingerprint density at radius 1 is 1.55 bits per heavy atom. The van der Waals surface area contributed by atoms with Crippen LogP contribution in [0.5, 0.6) is 11.5 Å². The summed E-state index contributed by atoms with van der Waals surface area (Å²) in [5.74, 6) is 0.480. The number of nitrogens with zero attached hydrogens (tertiary/aromatic N) is 1. The van der Waals surface area contributed by atoms with E-state index in [9.17, 15) is 9.90 Å². The monoisotopic (exact) mass is 344 g/mol. The maximum atomic E-state index is 11.5. The van der Waals surface area contributed by atoms with Gasteiger partial charge < -0.3 is 20.1 Å². The molecule has 1 rings (SSSR count). The lowest BCUT2D eigenvalue weighted by Crippen LogP contribution is -2.34. The molecule has 0 saturated heterocycles. The van der Waals surface area contributed by atoms with Gasteiger partial charge in [0.15, 0.2) is 11.5 Å². The van der Waals surface area contributed by atoms with E-state index in [1.807, 2.05) is 20.0 Å². The van der Waals surface area contributed by atoms with E-state index in [0.29, 0.717) is 23.3 Å². The van der Waals surface area contributed by atoms with Crippen LogP contribution in [0.2, 0.25) is 0 Å². The molecule has 1 aromatic carbocycles. The minimum atomic E-state index is -0.0764. The van der Waals surface area contributed by atoms with Gasteiger partial charge in [-0.25, -0.2) is 0 Å². The SMILES string of the molecule is CNC(=O)C(C)CN(C)Cc1cc(Br)c(O)c(OC)c1. The van der Waals surface area contributed by atoms with Gasteiger partial charge in [0.2, 0.25) is 5.91 Å². The second-order valence-electron chi connectivity index (χ2n) is 4.84. The number of aromatic hydroxyl groups is 1. The van der Waals surface area contributed by atoms with E-state index in [0.717, 1.165) is 5.56 Å². The van der Waals surface area contributed by atoms with Gasteiger partial charge in [-0.2, -0.15) is 0 Å². The fraction of sp³-hybridized carbons (Fsp3) is 0.500. The van der Waals surface area contributed by atoms with Gasteiger partial charge in [-0.1, -0.05) is 6.92 Å². The number of methoxy groups -OCH3 is 1. The second-order valence-corrected chi connectivity index (χ2v) is 5.69. The number of benzene rings is 1. The number of halogens is 1. The zero-order valence-electron chi connectivity index (χ0n) is 12.2. The topological polar surface area (TPSA) is 61.8 Å². The highest BCUT2D eigenvalue weighted by atomic mass is 79.9. The predicted octanol–water partition coefficient (Wildman–Crippen LogP) is 1.98. The molecule has 5 nitrogen and oxygen atoms in total. The van der Waals surface area contributed by atoms with Gasteiger partial charge in [-0.15, -0.1) is 0 Å². The average molecular weight is 345 g/mol. The lowest BCUT2D eigenvalue weighted by Gasteiger charge is -2.21. The summed E-state index contributed by atoms with van der Waals surface area (Å²) in [4.78, 5) is 13.6. The van der Waals surface area contributed by atoms with E-state index in [2.05, 4.69) is 26.1 Å². The van der Waals surface area contributed by atoms with Crippen LogP contribution in [-0.4, -0.2) is 43.7 Å². The lowest BCUT2D eigenvalue weighted by molar-refractivity contribution is -0.124. The summed E-state index contributed by atoms with van der Waals surface area (Å²) in [5.41, 5.74) is 0.998. The highest BCUT2D eigenvalue weighted by Crippen LogP contribution is 2.35. The highest BCUT2D eigenvalue weighted by Gasteiger charge is 2.15. The van der Waals surface area contributed by atoms with Crippen molar-refractivity contribution < 1.29 is 14.6 Å². The molecule has 1 unspecified atom stereocenters. The molecule has 0 aromatic heterocycles. The van der Waals surface area contributed by atoms with Crippen molar-refractivity contribution in [2.75, 3.05) is 27.7 Å². The molecule has 0 aliphatic heterocycles. The van der Waals surface area contributed by atoms with Crippen molar-refractivity contribution in [3.8, 4) is 11.5 Å². The van der Waals surface area contributed by atoms with Crippen LogP contribution >= 0.6 is 15.9 Å². The summed E-state index contributed by atoms with van der Waals surface area (Å²) < 4.78 is 5.72. The fourth-order valence-electron chi connectivity index (χ4n) is 2.05. The molecule has 0 aliphatic carbocycles. The Hall–Kier alpha value is -1.27. The first kappa shape index (κ1) is 16.8. The minimum Gasteiger partial charge on any atom is -0.503 e. The van der Waals surface area contributed by atoms with Crippen LogP contribution in [0.4, 0.5) is 0 Å². The first-order valence-electron chi connectivity index (χ1n) is 6.34. The van der Waals surface area contributed by atoms with Crippen LogP contribution in [0, 0.1) is 5.92 Å². The van der Waals surface area contributed by atoms with Crippen LogP contribution in [0.15, 0.2) is 16.6 Å². The number of hydrogen-bond donors (Lipinski definition) is 2. The standard InChI is InChI=1S/C14H21BrN2O3/c1-9(14(19)16-2)7-17(3)8-10-5-11(15)13(18)12(6-10)20-4/h5-6,9,18H,7-8H2,1-4H3,(H,16,19). The molecule has 20 heavy (non-hydrogen) atoms. The Morgan fingerprint density at radius 3 is 2.75 bits per heavy atom. The highest BCUT2D eigenvalue weighted by molar-refractivity contribution is 9.10. The number of phenols is 1. The Labute approximate surface area is 128 Å². The van der Waals surface area contributed by atoms with Crippen LogP contribution in [-0.2, 0) is 11.3 Å². The maximum Gasteiger partial charge on any atom is 0.223 e. The number of hydrogen-bond acceptors (Lipinski definition) is 4. The molecule has 1 amide bonds. The smallest absolute Gasteiger partial charge is 0.223 e. The van der Waals surface area contributed by atoms with E-state index >= 15 is 0 Å². The Balaban J connectivity index is 2.73. The average Bonchev–Trinajstić information content (AvgIpc) is 2.41. The van der Waals surface area contributed by atoms with Gasteiger partial charge in [0.05, 0.1) is 11.6 Å². The molecule has 0 radical (unpaired) electrons. The van der Waals surface area contributed by atoms with E-state index in [4.69, 9.17) is 4.74 Å². The summed E-state index contributed by atoms with van der Waals surface area (Å²) in [5, 5.41) is 12.4. The van der Waals surface area contributed by atoms with Crippen molar-refractivity contribution in [2.24, 2.45) is 5.92 Å². The molecule has 112 valence electrons. The first-order chi connectivity index (χ1) is 9.38. The van der Waals surface area contributed by atoms with Crippen LogP contribution < -0.4 is 10.1 Å². The van der Waals surface area contributed by atoms with Crippen molar-refractivity contribution in [1.82, 2.24) is 10.2 Å². The summed E-state index contributed by atoms with van der Waals surface area (Å²) in [6.07, 6.45) is 0. The number of amides is 1. The Kier molecular flexibility index (Phi) is 6.29. The molecule has 0 spiro atoms. The molecule has 0 fully saturated rings. The van der Waals surface area contributed by atoms with E-state index < -0.39 is 0 Å². The number of nitrogens with one attached hydrogen (secondary N) is 1. The molecular formula is C14H21BrN2O3. The molecule has 2 N–H and O–H groups in total. The molecule has 0 bridgehead atoms. The fourth-order valence-corrected chi connectivity index (χ4v) is 2.54. The first-order valence-corrected chi connectivity index (χ1v) is 7.13. The number of phenolic OH excluding ortho intramolecular Hbond substituents is 1. The number of carbonyl (C=O) groups is 1.